The smallest absolute Gasteiger partial charge is 0.269 e. The quantitative estimate of drug-likeness (QED) is 0.222. The minimum absolute atomic E-state index is 0.0874. The van der Waals surface area contributed by atoms with Crippen LogP contribution in [-0.4, -0.2) is 14.5 Å². The molecule has 170 valence electrons. The topological polar surface area (TPSA) is 76.2 Å². The molecule has 0 saturated carbocycles. The van der Waals surface area contributed by atoms with Gasteiger partial charge in [0, 0.05) is 41.2 Å². The molecule has 5 aromatic rings. The van der Waals surface area contributed by atoms with Crippen LogP contribution in [0.1, 0.15) is 16.7 Å². The van der Waals surface area contributed by atoms with Gasteiger partial charge in [0.2, 0.25) is 0 Å². The van der Waals surface area contributed by atoms with Crippen LogP contribution in [0.3, 0.4) is 0 Å². The van der Waals surface area contributed by atoms with E-state index in [1.165, 1.54) is 22.1 Å². The predicted octanol–water partition coefficient (Wildman–Crippen LogP) is 6.70. The number of rotatable bonds is 6. The number of thiazole rings is 1. The van der Waals surface area contributed by atoms with E-state index in [0.29, 0.717) is 0 Å². The van der Waals surface area contributed by atoms with Gasteiger partial charge in [0.25, 0.3) is 5.69 Å². The fraction of sp³-hybridized carbons (Fsp3) is 0.148. The second-order valence-corrected chi connectivity index (χ2v) is 9.19. The summed E-state index contributed by atoms with van der Waals surface area (Å²) in [5, 5.41) is 14.4. The number of aromatic amines is 1. The number of aryl methyl sites for hydroxylation is 3. The largest absolute Gasteiger partial charge is 0.361 e. The SMILES string of the molecule is Cc1ccc(N=c2scc(-c3ccc([N+](=O)[O-])cc3)n2CCc2c[nH]c3ccccc23)cc1C. The van der Waals surface area contributed by atoms with E-state index >= 15 is 0 Å². The molecule has 0 bridgehead atoms. The highest BCUT2D eigenvalue weighted by Crippen LogP contribution is 2.25. The Kier molecular flexibility index (Phi) is 5.86. The van der Waals surface area contributed by atoms with Crippen molar-refractivity contribution in [2.45, 2.75) is 26.8 Å². The highest BCUT2D eigenvalue weighted by Gasteiger charge is 2.12. The first-order valence-corrected chi connectivity index (χ1v) is 12.0. The van der Waals surface area contributed by atoms with Gasteiger partial charge < -0.3 is 9.55 Å². The maximum atomic E-state index is 11.1. The third kappa shape index (κ3) is 4.30. The monoisotopic (exact) mass is 468 g/mol. The van der Waals surface area contributed by atoms with Crippen LogP contribution in [0.5, 0.6) is 0 Å². The van der Waals surface area contributed by atoms with Crippen molar-refractivity contribution >= 4 is 33.6 Å². The molecule has 0 aliphatic rings. The van der Waals surface area contributed by atoms with Crippen LogP contribution < -0.4 is 4.80 Å². The summed E-state index contributed by atoms with van der Waals surface area (Å²) in [5.74, 6) is 0. The summed E-state index contributed by atoms with van der Waals surface area (Å²) in [6.07, 6.45) is 2.91. The zero-order valence-electron chi connectivity index (χ0n) is 19.0. The lowest BCUT2D eigenvalue weighted by Crippen LogP contribution is -2.17. The van der Waals surface area contributed by atoms with Gasteiger partial charge >= 0.3 is 0 Å². The van der Waals surface area contributed by atoms with Crippen molar-refractivity contribution in [3.8, 4) is 11.3 Å². The molecule has 2 heterocycles. The molecule has 2 aromatic heterocycles. The molecule has 0 saturated heterocycles. The number of hydrogen-bond donors (Lipinski definition) is 1. The molecule has 34 heavy (non-hydrogen) atoms. The highest BCUT2D eigenvalue weighted by molar-refractivity contribution is 7.07. The van der Waals surface area contributed by atoms with Gasteiger partial charge in [0.1, 0.15) is 0 Å². The molecule has 0 amide bonds. The molecule has 0 spiro atoms. The zero-order chi connectivity index (χ0) is 23.7. The van der Waals surface area contributed by atoms with Crippen molar-refractivity contribution in [1.29, 1.82) is 0 Å². The fourth-order valence-electron chi connectivity index (χ4n) is 4.10. The minimum Gasteiger partial charge on any atom is -0.361 e. The Bertz CT molecular complexity index is 1560. The number of nitro groups is 1. The van der Waals surface area contributed by atoms with Crippen molar-refractivity contribution < 1.29 is 4.92 Å². The Balaban J connectivity index is 1.57. The second-order valence-electron chi connectivity index (χ2n) is 8.35. The average Bonchev–Trinajstić information content (AvgIpc) is 3.44. The van der Waals surface area contributed by atoms with Gasteiger partial charge in [0.05, 0.1) is 16.3 Å². The Morgan fingerprint density at radius 1 is 1.03 bits per heavy atom. The van der Waals surface area contributed by atoms with E-state index in [0.717, 1.165) is 40.2 Å². The van der Waals surface area contributed by atoms with Crippen molar-refractivity contribution in [1.82, 2.24) is 9.55 Å². The van der Waals surface area contributed by atoms with Gasteiger partial charge in [-0.05, 0) is 72.9 Å². The molecule has 0 atom stereocenters. The van der Waals surface area contributed by atoms with E-state index < -0.39 is 0 Å². The van der Waals surface area contributed by atoms with E-state index in [9.17, 15) is 10.1 Å². The number of aromatic nitrogens is 2. The Labute approximate surface area is 201 Å². The van der Waals surface area contributed by atoms with Gasteiger partial charge in [-0.2, -0.15) is 0 Å². The maximum Gasteiger partial charge on any atom is 0.269 e. The number of nitrogens with zero attached hydrogens (tertiary/aromatic N) is 3. The van der Waals surface area contributed by atoms with Crippen LogP contribution in [-0.2, 0) is 13.0 Å². The number of para-hydroxylation sites is 1. The van der Waals surface area contributed by atoms with Crippen LogP contribution in [0.25, 0.3) is 22.2 Å². The second kappa shape index (κ2) is 9.11. The zero-order valence-corrected chi connectivity index (χ0v) is 19.8. The van der Waals surface area contributed by atoms with Crippen molar-refractivity contribution in [2.24, 2.45) is 4.99 Å². The summed E-state index contributed by atoms with van der Waals surface area (Å²) in [6, 6.07) is 21.3. The summed E-state index contributed by atoms with van der Waals surface area (Å²) in [6.45, 7) is 4.93. The Morgan fingerprint density at radius 2 is 1.82 bits per heavy atom. The summed E-state index contributed by atoms with van der Waals surface area (Å²) in [7, 11) is 0. The van der Waals surface area contributed by atoms with Crippen LogP contribution in [0, 0.1) is 24.0 Å². The first-order chi connectivity index (χ1) is 16.5. The summed E-state index contributed by atoms with van der Waals surface area (Å²) in [5.41, 5.74) is 7.77. The first kappa shape index (κ1) is 21.9. The van der Waals surface area contributed by atoms with Crippen LogP contribution >= 0.6 is 11.3 Å². The first-order valence-electron chi connectivity index (χ1n) is 11.1. The van der Waals surface area contributed by atoms with E-state index in [4.69, 9.17) is 4.99 Å². The van der Waals surface area contributed by atoms with Crippen molar-refractivity contribution in [3.05, 3.63) is 110 Å². The van der Waals surface area contributed by atoms with E-state index in [1.54, 1.807) is 23.5 Å². The van der Waals surface area contributed by atoms with E-state index in [1.807, 2.05) is 24.3 Å². The van der Waals surface area contributed by atoms with E-state index in [2.05, 4.69) is 65.3 Å². The molecule has 0 aliphatic heterocycles. The lowest BCUT2D eigenvalue weighted by molar-refractivity contribution is -0.384. The van der Waals surface area contributed by atoms with Gasteiger partial charge in [-0.3, -0.25) is 10.1 Å². The van der Waals surface area contributed by atoms with Crippen LogP contribution in [0.15, 0.2) is 83.3 Å². The molecule has 0 radical (unpaired) electrons. The molecule has 1 N–H and O–H groups in total. The lowest BCUT2D eigenvalue weighted by atomic mass is 10.1. The number of nitro benzene ring substituents is 1. The summed E-state index contributed by atoms with van der Waals surface area (Å²) in [4.78, 5) is 19.9. The normalized spacial score (nSPS) is 11.9. The van der Waals surface area contributed by atoms with Gasteiger partial charge in [-0.1, -0.05) is 24.3 Å². The Morgan fingerprint density at radius 3 is 2.59 bits per heavy atom. The standard InChI is InChI=1S/C27H24N4O2S/c1-18-7-10-22(15-19(18)2)29-27-30(14-13-21-16-28-25-6-4-3-5-24(21)25)26(17-34-27)20-8-11-23(12-9-20)31(32)33/h3-12,15-17,28H,13-14H2,1-2H3. The molecular weight excluding hydrogens is 444 g/mol. The molecule has 5 rings (SSSR count). The molecule has 0 unspecified atom stereocenters. The molecule has 6 nitrogen and oxygen atoms in total. The third-order valence-electron chi connectivity index (χ3n) is 6.17. The molecule has 0 fully saturated rings. The predicted molar refractivity (Wildman–Crippen MR) is 138 cm³/mol. The number of H-pyrrole nitrogens is 1. The number of nitrogens with one attached hydrogen (secondary N) is 1. The number of hydrogen-bond acceptors (Lipinski definition) is 4. The molecule has 0 aliphatic carbocycles. The molecular formula is C27H24N4O2S. The van der Waals surface area contributed by atoms with Gasteiger partial charge in [-0.15, -0.1) is 11.3 Å². The average molecular weight is 469 g/mol. The molecule has 7 heteroatoms. The number of benzene rings is 3. The summed E-state index contributed by atoms with van der Waals surface area (Å²) >= 11 is 1.58. The van der Waals surface area contributed by atoms with Crippen molar-refractivity contribution in [2.75, 3.05) is 0 Å². The fourth-order valence-corrected chi connectivity index (χ4v) is 5.05. The summed E-state index contributed by atoms with van der Waals surface area (Å²) < 4.78 is 2.21. The number of fused-ring (bicyclic) bond motifs is 1. The van der Waals surface area contributed by atoms with Gasteiger partial charge in [-0.25, -0.2) is 4.99 Å². The lowest BCUT2D eigenvalue weighted by Gasteiger charge is -2.09. The molecule has 3 aromatic carbocycles. The third-order valence-corrected chi connectivity index (χ3v) is 7.03. The minimum atomic E-state index is -0.372. The van der Waals surface area contributed by atoms with Crippen LogP contribution in [0.2, 0.25) is 0 Å². The van der Waals surface area contributed by atoms with Gasteiger partial charge in [0.15, 0.2) is 4.80 Å². The van der Waals surface area contributed by atoms with E-state index in [-0.39, 0.29) is 10.6 Å². The van der Waals surface area contributed by atoms with Crippen LogP contribution in [0.4, 0.5) is 11.4 Å². The maximum absolute atomic E-state index is 11.1. The Hall–Kier alpha value is -3.97. The van der Waals surface area contributed by atoms with Crippen molar-refractivity contribution in [3.63, 3.8) is 0 Å². The number of non-ortho nitro benzene ring substituents is 1. The highest BCUT2D eigenvalue weighted by atomic mass is 32.1.